The van der Waals surface area contributed by atoms with Crippen LogP contribution in [-0.4, -0.2) is 33.8 Å². The molecule has 4 nitrogen and oxygen atoms in total. The average molecular weight is 271 g/mol. The molecule has 0 N–H and O–H groups in total. The summed E-state index contributed by atoms with van der Waals surface area (Å²) >= 11 is 0. The molecule has 0 atom stereocenters. The van der Waals surface area contributed by atoms with Gasteiger partial charge in [-0.15, -0.1) is 0 Å². The average Bonchev–Trinajstić information content (AvgIpc) is 2.46. The van der Waals surface area contributed by atoms with Gasteiger partial charge in [-0.05, 0) is 12.1 Å². The Morgan fingerprint density at radius 2 is 2.00 bits per heavy atom. The topological polar surface area (TPSA) is 57.0 Å². The number of rotatable bonds is 1. The number of hydrogen-bond acceptors (Lipinski definition) is 4. The molecule has 2 aromatic rings. The normalized spacial score (nSPS) is 16.5. The van der Waals surface area contributed by atoms with Crippen LogP contribution in [-0.2, 0) is 10.8 Å². The van der Waals surface area contributed by atoms with Crippen LogP contribution in [0.25, 0.3) is 10.9 Å². The highest BCUT2D eigenvalue weighted by Gasteiger charge is 2.19. The van der Waals surface area contributed by atoms with Crippen molar-refractivity contribution >= 4 is 27.5 Å². The molecule has 5 heteroatoms. The Labute approximate surface area is 114 Å². The molecule has 3 rings (SSSR count). The van der Waals surface area contributed by atoms with Crippen molar-refractivity contribution in [3.8, 4) is 6.07 Å². The lowest BCUT2D eigenvalue weighted by Crippen LogP contribution is -2.38. The Kier molecular flexibility index (Phi) is 3.18. The van der Waals surface area contributed by atoms with Gasteiger partial charge in [-0.25, -0.2) is 4.98 Å². The number of para-hydroxylation sites is 1. The molecule has 0 aliphatic carbocycles. The third-order valence-corrected chi connectivity index (χ3v) is 4.58. The largest absolute Gasteiger partial charge is 0.354 e. The van der Waals surface area contributed by atoms with Crippen LogP contribution < -0.4 is 4.90 Å². The summed E-state index contributed by atoms with van der Waals surface area (Å²) in [5, 5.41) is 10.3. The summed E-state index contributed by atoms with van der Waals surface area (Å²) < 4.78 is 11.4. The number of nitrogens with zero attached hydrogens (tertiary/aromatic N) is 3. The number of fused-ring (bicyclic) bond motifs is 1. The zero-order valence-electron chi connectivity index (χ0n) is 10.4. The fourth-order valence-corrected chi connectivity index (χ4v) is 3.33. The van der Waals surface area contributed by atoms with E-state index in [1.807, 2.05) is 30.3 Å². The lowest BCUT2D eigenvalue weighted by molar-refractivity contribution is 0.672. The first-order valence-corrected chi connectivity index (χ1v) is 7.66. The van der Waals surface area contributed by atoms with Gasteiger partial charge in [0.05, 0.1) is 11.1 Å². The van der Waals surface area contributed by atoms with Gasteiger partial charge in [-0.1, -0.05) is 18.2 Å². The molecule has 1 aromatic heterocycles. The standard InChI is InChI=1S/C14H13N3OS/c15-10-12-9-11-3-1-2-4-13(11)16-14(12)17-5-7-19(18)8-6-17/h1-4,9H,5-8H2. The van der Waals surface area contributed by atoms with Crippen LogP contribution in [0.4, 0.5) is 5.82 Å². The molecule has 0 bridgehead atoms. The molecule has 19 heavy (non-hydrogen) atoms. The summed E-state index contributed by atoms with van der Waals surface area (Å²) in [6.07, 6.45) is 0. The van der Waals surface area contributed by atoms with Crippen LogP contribution in [0.15, 0.2) is 30.3 Å². The molecule has 0 saturated carbocycles. The first kappa shape index (κ1) is 12.1. The van der Waals surface area contributed by atoms with Gasteiger partial charge in [0.15, 0.2) is 0 Å². The number of hydrogen-bond donors (Lipinski definition) is 0. The number of pyridine rings is 1. The summed E-state index contributed by atoms with van der Waals surface area (Å²) in [5.41, 5.74) is 1.48. The molecular formula is C14H13N3OS. The Morgan fingerprint density at radius 3 is 2.74 bits per heavy atom. The highest BCUT2D eigenvalue weighted by atomic mass is 32.2. The van der Waals surface area contributed by atoms with Crippen LogP contribution in [0.1, 0.15) is 5.56 Å². The monoisotopic (exact) mass is 271 g/mol. The van der Waals surface area contributed by atoms with E-state index < -0.39 is 10.8 Å². The number of benzene rings is 1. The molecule has 1 aliphatic heterocycles. The Hall–Kier alpha value is -1.93. The number of anilines is 1. The van der Waals surface area contributed by atoms with Crippen LogP contribution in [0, 0.1) is 11.3 Å². The predicted molar refractivity (Wildman–Crippen MR) is 76.5 cm³/mol. The van der Waals surface area contributed by atoms with E-state index in [1.54, 1.807) is 0 Å². The van der Waals surface area contributed by atoms with Crippen molar-refractivity contribution in [3.63, 3.8) is 0 Å². The fourth-order valence-electron chi connectivity index (χ4n) is 2.28. The van der Waals surface area contributed by atoms with E-state index >= 15 is 0 Å². The Bertz CT molecular complexity index is 683. The molecule has 2 heterocycles. The van der Waals surface area contributed by atoms with Gasteiger partial charge in [0, 0.05) is 40.8 Å². The van der Waals surface area contributed by atoms with E-state index in [2.05, 4.69) is 16.0 Å². The Morgan fingerprint density at radius 1 is 1.26 bits per heavy atom. The molecule has 1 saturated heterocycles. The molecule has 0 unspecified atom stereocenters. The molecule has 1 aromatic carbocycles. The quantitative estimate of drug-likeness (QED) is 0.791. The lowest BCUT2D eigenvalue weighted by Gasteiger charge is -2.28. The third kappa shape index (κ3) is 2.32. The van der Waals surface area contributed by atoms with Gasteiger partial charge in [-0.3, -0.25) is 4.21 Å². The van der Waals surface area contributed by atoms with E-state index in [1.165, 1.54) is 0 Å². The van der Waals surface area contributed by atoms with E-state index in [-0.39, 0.29) is 0 Å². The zero-order valence-corrected chi connectivity index (χ0v) is 11.2. The van der Waals surface area contributed by atoms with Crippen molar-refractivity contribution < 1.29 is 4.21 Å². The van der Waals surface area contributed by atoms with Gasteiger partial charge >= 0.3 is 0 Å². The molecule has 96 valence electrons. The summed E-state index contributed by atoms with van der Waals surface area (Å²) in [4.78, 5) is 6.66. The minimum Gasteiger partial charge on any atom is -0.354 e. The van der Waals surface area contributed by atoms with Gasteiger partial charge in [-0.2, -0.15) is 5.26 Å². The van der Waals surface area contributed by atoms with Gasteiger partial charge in [0.25, 0.3) is 0 Å². The molecule has 1 aliphatic rings. The van der Waals surface area contributed by atoms with Gasteiger partial charge in [0.1, 0.15) is 11.9 Å². The van der Waals surface area contributed by atoms with E-state index in [9.17, 15) is 9.47 Å². The van der Waals surface area contributed by atoms with Crippen molar-refractivity contribution in [3.05, 3.63) is 35.9 Å². The first-order valence-electron chi connectivity index (χ1n) is 6.18. The van der Waals surface area contributed by atoms with Crippen molar-refractivity contribution in [2.75, 3.05) is 29.5 Å². The third-order valence-electron chi connectivity index (χ3n) is 3.30. The molecule has 0 amide bonds. The highest BCUT2D eigenvalue weighted by molar-refractivity contribution is 7.85. The molecule has 1 fully saturated rings. The predicted octanol–water partition coefficient (Wildman–Crippen LogP) is 1.68. The maximum atomic E-state index is 11.4. The lowest BCUT2D eigenvalue weighted by atomic mass is 10.1. The van der Waals surface area contributed by atoms with Crippen LogP contribution in [0.3, 0.4) is 0 Å². The highest BCUT2D eigenvalue weighted by Crippen LogP contribution is 2.23. The Balaban J connectivity index is 2.07. The van der Waals surface area contributed by atoms with Crippen molar-refractivity contribution in [1.82, 2.24) is 4.98 Å². The second-order valence-electron chi connectivity index (χ2n) is 4.50. The number of aromatic nitrogens is 1. The van der Waals surface area contributed by atoms with Crippen LogP contribution in [0.5, 0.6) is 0 Å². The van der Waals surface area contributed by atoms with Crippen molar-refractivity contribution in [2.24, 2.45) is 0 Å². The molecule has 0 radical (unpaired) electrons. The van der Waals surface area contributed by atoms with Crippen molar-refractivity contribution in [1.29, 1.82) is 5.26 Å². The van der Waals surface area contributed by atoms with Crippen LogP contribution in [0.2, 0.25) is 0 Å². The van der Waals surface area contributed by atoms with Crippen LogP contribution >= 0.6 is 0 Å². The summed E-state index contributed by atoms with van der Waals surface area (Å²) in [7, 11) is -0.723. The minimum absolute atomic E-state index is 0.589. The summed E-state index contributed by atoms with van der Waals surface area (Å²) in [6, 6.07) is 11.9. The molecule has 0 spiro atoms. The second kappa shape index (κ2) is 4.98. The number of nitriles is 1. The maximum absolute atomic E-state index is 11.4. The smallest absolute Gasteiger partial charge is 0.147 e. The maximum Gasteiger partial charge on any atom is 0.147 e. The fraction of sp³-hybridized carbons (Fsp3) is 0.286. The minimum atomic E-state index is -0.723. The zero-order chi connectivity index (χ0) is 13.2. The molecular weight excluding hydrogens is 258 g/mol. The summed E-state index contributed by atoms with van der Waals surface area (Å²) in [6.45, 7) is 1.40. The second-order valence-corrected chi connectivity index (χ2v) is 6.20. The van der Waals surface area contributed by atoms with E-state index in [0.717, 1.165) is 16.7 Å². The van der Waals surface area contributed by atoms with Gasteiger partial charge < -0.3 is 4.90 Å². The first-order chi connectivity index (χ1) is 9.28. The van der Waals surface area contributed by atoms with Gasteiger partial charge in [0.2, 0.25) is 0 Å². The van der Waals surface area contributed by atoms with Crippen molar-refractivity contribution in [2.45, 2.75) is 0 Å². The van der Waals surface area contributed by atoms with E-state index in [0.29, 0.717) is 30.2 Å². The SMILES string of the molecule is N#Cc1cc2ccccc2nc1N1CCS(=O)CC1. The summed E-state index contributed by atoms with van der Waals surface area (Å²) in [5.74, 6) is 2.02. The van der Waals surface area contributed by atoms with E-state index in [4.69, 9.17) is 0 Å².